The number of nitrogens with zero attached hydrogens (tertiary/aromatic N) is 3. The molecule has 0 spiro atoms. The van der Waals surface area contributed by atoms with E-state index in [0.29, 0.717) is 15.4 Å². The Morgan fingerprint density at radius 3 is 2.50 bits per heavy atom. The minimum Gasteiger partial charge on any atom is -0.346 e. The normalized spacial score (nSPS) is 11.4. The van der Waals surface area contributed by atoms with E-state index in [2.05, 4.69) is 15.4 Å². The summed E-state index contributed by atoms with van der Waals surface area (Å²) in [4.78, 5) is 16.3. The van der Waals surface area contributed by atoms with Crippen LogP contribution in [0.15, 0.2) is 54.9 Å². The van der Waals surface area contributed by atoms with Gasteiger partial charge in [-0.1, -0.05) is 17.7 Å². The number of nitrogens with one attached hydrogen (secondary N) is 1. The Morgan fingerprint density at radius 1 is 1.15 bits per heavy atom. The number of hydrogen-bond donors (Lipinski definition) is 1. The molecule has 2 aromatic heterocycles. The van der Waals surface area contributed by atoms with Crippen LogP contribution >= 0.6 is 11.6 Å². The summed E-state index contributed by atoms with van der Waals surface area (Å²) >= 11 is 5.76. The fourth-order valence-corrected chi connectivity index (χ4v) is 2.46. The first-order valence-electron chi connectivity index (χ1n) is 7.45. The Morgan fingerprint density at radius 2 is 1.88 bits per heavy atom. The lowest BCUT2D eigenvalue weighted by molar-refractivity contribution is -0.143. The highest BCUT2D eigenvalue weighted by atomic mass is 35.5. The van der Waals surface area contributed by atoms with E-state index in [1.807, 2.05) is 0 Å². The van der Waals surface area contributed by atoms with E-state index in [9.17, 15) is 18.0 Å². The lowest BCUT2D eigenvalue weighted by atomic mass is 10.2. The maximum atomic E-state index is 13.6. The molecule has 1 aromatic carbocycles. The number of benzene rings is 1. The zero-order valence-electron chi connectivity index (χ0n) is 13.2. The number of amides is 1. The van der Waals surface area contributed by atoms with Gasteiger partial charge in [-0.2, -0.15) is 18.3 Å². The standard InChI is InChI=1S/C17H12ClF3N4O/c18-11-4-6-13(7-5-11)25-15(17(19,20)21)14(10-24-25)16(26)23-9-12-3-1-2-8-22-12/h1-8,10H,9H2,(H,23,26). The third kappa shape index (κ3) is 3.85. The van der Waals surface area contributed by atoms with Crippen LogP contribution in [0.25, 0.3) is 5.69 Å². The summed E-state index contributed by atoms with van der Waals surface area (Å²) < 4.78 is 41.3. The molecular formula is C17H12ClF3N4O. The summed E-state index contributed by atoms with van der Waals surface area (Å²) in [7, 11) is 0. The number of carbonyl (C=O) groups is 1. The highest BCUT2D eigenvalue weighted by molar-refractivity contribution is 6.30. The third-order valence-corrected chi connectivity index (χ3v) is 3.76. The van der Waals surface area contributed by atoms with E-state index >= 15 is 0 Å². The highest BCUT2D eigenvalue weighted by Crippen LogP contribution is 2.33. The van der Waals surface area contributed by atoms with Gasteiger partial charge in [-0.05, 0) is 36.4 Å². The molecule has 0 aliphatic rings. The van der Waals surface area contributed by atoms with Crippen molar-refractivity contribution in [3.63, 3.8) is 0 Å². The highest BCUT2D eigenvalue weighted by Gasteiger charge is 2.40. The second kappa shape index (κ2) is 7.17. The summed E-state index contributed by atoms with van der Waals surface area (Å²) in [5.74, 6) is -0.886. The van der Waals surface area contributed by atoms with Crippen molar-refractivity contribution < 1.29 is 18.0 Å². The van der Waals surface area contributed by atoms with Crippen LogP contribution in [-0.2, 0) is 12.7 Å². The topological polar surface area (TPSA) is 59.8 Å². The summed E-state index contributed by atoms with van der Waals surface area (Å²) in [5.41, 5.74) is -1.05. The molecule has 0 saturated heterocycles. The molecule has 2 heterocycles. The molecular weight excluding hydrogens is 369 g/mol. The monoisotopic (exact) mass is 380 g/mol. The van der Waals surface area contributed by atoms with Crippen LogP contribution in [0.2, 0.25) is 5.02 Å². The molecule has 0 radical (unpaired) electrons. The Bertz CT molecular complexity index is 908. The summed E-state index contributed by atoms with van der Waals surface area (Å²) in [6.07, 6.45) is -2.35. The van der Waals surface area contributed by atoms with Crippen molar-refractivity contribution in [2.45, 2.75) is 12.7 Å². The molecule has 1 N–H and O–H groups in total. The Labute approximate surface area is 151 Å². The quantitative estimate of drug-likeness (QED) is 0.747. The average molecular weight is 381 g/mol. The molecule has 134 valence electrons. The largest absolute Gasteiger partial charge is 0.434 e. The van der Waals surface area contributed by atoms with E-state index in [-0.39, 0.29) is 12.2 Å². The van der Waals surface area contributed by atoms with Crippen molar-refractivity contribution in [3.05, 3.63) is 76.8 Å². The molecule has 0 saturated carbocycles. The van der Waals surface area contributed by atoms with Crippen molar-refractivity contribution in [2.75, 3.05) is 0 Å². The van der Waals surface area contributed by atoms with E-state index in [1.165, 1.54) is 30.5 Å². The minimum absolute atomic E-state index is 0.00307. The molecule has 1 amide bonds. The van der Waals surface area contributed by atoms with Crippen molar-refractivity contribution in [1.29, 1.82) is 0 Å². The number of pyridine rings is 1. The molecule has 0 atom stereocenters. The van der Waals surface area contributed by atoms with Gasteiger partial charge in [-0.25, -0.2) is 4.68 Å². The van der Waals surface area contributed by atoms with Gasteiger partial charge in [0.25, 0.3) is 5.91 Å². The fourth-order valence-electron chi connectivity index (χ4n) is 2.33. The summed E-state index contributed by atoms with van der Waals surface area (Å²) in [6, 6.07) is 10.7. The Kier molecular flexibility index (Phi) is 4.94. The van der Waals surface area contributed by atoms with Gasteiger partial charge in [-0.15, -0.1) is 0 Å². The van der Waals surface area contributed by atoms with E-state index in [0.717, 1.165) is 6.20 Å². The third-order valence-electron chi connectivity index (χ3n) is 3.51. The van der Waals surface area contributed by atoms with Gasteiger partial charge >= 0.3 is 6.18 Å². The van der Waals surface area contributed by atoms with Crippen LogP contribution in [0.1, 0.15) is 21.7 Å². The first-order valence-corrected chi connectivity index (χ1v) is 7.83. The van der Waals surface area contributed by atoms with Gasteiger partial charge in [-0.3, -0.25) is 9.78 Å². The maximum absolute atomic E-state index is 13.6. The Hall–Kier alpha value is -2.87. The van der Waals surface area contributed by atoms with Gasteiger partial charge in [0.1, 0.15) is 0 Å². The van der Waals surface area contributed by atoms with Crippen LogP contribution in [0.5, 0.6) is 0 Å². The van der Waals surface area contributed by atoms with Crippen molar-refractivity contribution >= 4 is 17.5 Å². The molecule has 0 aliphatic carbocycles. The van der Waals surface area contributed by atoms with Crippen molar-refractivity contribution in [2.24, 2.45) is 0 Å². The van der Waals surface area contributed by atoms with Crippen LogP contribution < -0.4 is 5.32 Å². The molecule has 3 aromatic rings. The molecule has 9 heteroatoms. The summed E-state index contributed by atoms with van der Waals surface area (Å²) in [5, 5.41) is 6.54. The van der Waals surface area contributed by atoms with Crippen LogP contribution in [0, 0.1) is 0 Å². The number of rotatable bonds is 4. The minimum atomic E-state index is -4.77. The fraction of sp³-hybridized carbons (Fsp3) is 0.118. The Balaban J connectivity index is 1.92. The van der Waals surface area contributed by atoms with E-state index in [4.69, 9.17) is 11.6 Å². The molecule has 0 aliphatic heterocycles. The molecule has 26 heavy (non-hydrogen) atoms. The van der Waals surface area contributed by atoms with Crippen molar-refractivity contribution in [1.82, 2.24) is 20.1 Å². The molecule has 3 rings (SSSR count). The molecule has 5 nitrogen and oxygen atoms in total. The molecule has 0 fully saturated rings. The summed E-state index contributed by atoms with van der Waals surface area (Å²) in [6.45, 7) is 0.00307. The molecule has 0 unspecified atom stereocenters. The van der Waals surface area contributed by atoms with Gasteiger partial charge < -0.3 is 5.32 Å². The van der Waals surface area contributed by atoms with Gasteiger partial charge in [0.05, 0.1) is 29.7 Å². The lowest BCUT2D eigenvalue weighted by Crippen LogP contribution is -2.26. The van der Waals surface area contributed by atoms with Gasteiger partial charge in [0.15, 0.2) is 5.69 Å². The number of carbonyl (C=O) groups excluding carboxylic acids is 1. The van der Waals surface area contributed by atoms with E-state index in [1.54, 1.807) is 18.2 Å². The molecule has 0 bridgehead atoms. The number of aromatic nitrogens is 3. The number of halogens is 4. The number of hydrogen-bond acceptors (Lipinski definition) is 3. The van der Waals surface area contributed by atoms with Crippen molar-refractivity contribution in [3.8, 4) is 5.69 Å². The number of alkyl halides is 3. The smallest absolute Gasteiger partial charge is 0.346 e. The SMILES string of the molecule is O=C(NCc1ccccn1)c1cnn(-c2ccc(Cl)cc2)c1C(F)(F)F. The van der Waals surface area contributed by atoms with E-state index < -0.39 is 23.3 Å². The average Bonchev–Trinajstić information content (AvgIpc) is 3.07. The first kappa shape index (κ1) is 17.9. The predicted molar refractivity (Wildman–Crippen MR) is 89.0 cm³/mol. The lowest BCUT2D eigenvalue weighted by Gasteiger charge is -2.13. The van der Waals surface area contributed by atoms with Crippen LogP contribution in [0.3, 0.4) is 0 Å². The van der Waals surface area contributed by atoms with Gasteiger partial charge in [0, 0.05) is 11.2 Å². The second-order valence-corrected chi connectivity index (χ2v) is 5.73. The van der Waals surface area contributed by atoms with Gasteiger partial charge in [0.2, 0.25) is 0 Å². The van der Waals surface area contributed by atoms with Crippen LogP contribution in [-0.4, -0.2) is 20.7 Å². The van der Waals surface area contributed by atoms with Crippen LogP contribution in [0.4, 0.5) is 13.2 Å². The maximum Gasteiger partial charge on any atom is 0.434 e. The predicted octanol–water partition coefficient (Wildman–Crippen LogP) is 3.87. The zero-order chi connectivity index (χ0) is 18.7. The second-order valence-electron chi connectivity index (χ2n) is 5.30. The first-order chi connectivity index (χ1) is 12.4. The zero-order valence-corrected chi connectivity index (χ0v) is 13.9.